The first-order valence-corrected chi connectivity index (χ1v) is 6.31. The van der Waals surface area contributed by atoms with Crippen molar-refractivity contribution in [3.63, 3.8) is 0 Å². The number of aromatic nitrogens is 1. The standard InChI is InChI=1S/C15H14FNO4/c1-10(15(19)20)17-8-4-7-13(14(17)18)21-9-11-5-2-3-6-12(11)16/h2-8,10H,9H2,1H3,(H,19,20). The number of pyridine rings is 1. The van der Waals surface area contributed by atoms with Gasteiger partial charge in [-0.1, -0.05) is 18.2 Å². The Bertz CT molecular complexity index is 711. The van der Waals surface area contributed by atoms with Crippen molar-refractivity contribution in [2.75, 3.05) is 0 Å². The highest BCUT2D eigenvalue weighted by molar-refractivity contribution is 5.71. The third kappa shape index (κ3) is 3.28. The highest BCUT2D eigenvalue weighted by Gasteiger charge is 2.16. The number of nitrogens with zero attached hydrogens (tertiary/aromatic N) is 1. The lowest BCUT2D eigenvalue weighted by Gasteiger charge is -2.12. The summed E-state index contributed by atoms with van der Waals surface area (Å²) in [6.45, 7) is 1.29. The first-order valence-electron chi connectivity index (χ1n) is 6.31. The van der Waals surface area contributed by atoms with Gasteiger partial charge >= 0.3 is 5.97 Å². The Morgan fingerprint density at radius 2 is 2.05 bits per heavy atom. The monoisotopic (exact) mass is 291 g/mol. The fraction of sp³-hybridized carbons (Fsp3) is 0.200. The lowest BCUT2D eigenvalue weighted by molar-refractivity contribution is -0.140. The second kappa shape index (κ2) is 6.21. The molecule has 0 saturated heterocycles. The molecule has 21 heavy (non-hydrogen) atoms. The maximum absolute atomic E-state index is 13.5. The van der Waals surface area contributed by atoms with Crippen LogP contribution in [0.15, 0.2) is 47.4 Å². The Kier molecular flexibility index (Phi) is 4.37. The summed E-state index contributed by atoms with van der Waals surface area (Å²) in [6, 6.07) is 8.01. The topological polar surface area (TPSA) is 68.5 Å². The van der Waals surface area contributed by atoms with Crippen LogP contribution >= 0.6 is 0 Å². The summed E-state index contributed by atoms with van der Waals surface area (Å²) in [7, 11) is 0. The van der Waals surface area contributed by atoms with Crippen LogP contribution < -0.4 is 10.3 Å². The van der Waals surface area contributed by atoms with Gasteiger partial charge in [0.25, 0.3) is 5.56 Å². The van der Waals surface area contributed by atoms with Gasteiger partial charge in [0.15, 0.2) is 5.75 Å². The van der Waals surface area contributed by atoms with E-state index >= 15 is 0 Å². The molecular formula is C15H14FNO4. The number of benzene rings is 1. The van der Waals surface area contributed by atoms with Crippen molar-refractivity contribution >= 4 is 5.97 Å². The van der Waals surface area contributed by atoms with Gasteiger partial charge in [-0.15, -0.1) is 0 Å². The Labute approximate surface area is 120 Å². The molecule has 6 heteroatoms. The quantitative estimate of drug-likeness (QED) is 0.917. The molecule has 2 rings (SSSR count). The smallest absolute Gasteiger partial charge is 0.326 e. The van der Waals surface area contributed by atoms with Crippen LogP contribution in [0, 0.1) is 5.82 Å². The van der Waals surface area contributed by atoms with Crippen molar-refractivity contribution < 1.29 is 19.0 Å². The van der Waals surface area contributed by atoms with Crippen molar-refractivity contribution in [1.29, 1.82) is 0 Å². The summed E-state index contributed by atoms with van der Waals surface area (Å²) in [6.07, 6.45) is 1.37. The minimum Gasteiger partial charge on any atom is -0.483 e. The number of rotatable bonds is 5. The summed E-state index contributed by atoms with van der Waals surface area (Å²) in [4.78, 5) is 23.0. The van der Waals surface area contributed by atoms with Crippen LogP contribution in [-0.4, -0.2) is 15.6 Å². The zero-order valence-corrected chi connectivity index (χ0v) is 11.3. The van der Waals surface area contributed by atoms with Crippen molar-refractivity contribution in [2.45, 2.75) is 19.6 Å². The van der Waals surface area contributed by atoms with Gasteiger partial charge in [0.2, 0.25) is 0 Å². The van der Waals surface area contributed by atoms with Gasteiger partial charge in [-0.3, -0.25) is 9.36 Å². The molecule has 0 radical (unpaired) electrons. The number of carboxylic acids is 1. The average molecular weight is 291 g/mol. The van der Waals surface area contributed by atoms with E-state index in [0.717, 1.165) is 4.57 Å². The van der Waals surface area contributed by atoms with Crippen LogP contribution in [0.2, 0.25) is 0 Å². The van der Waals surface area contributed by atoms with E-state index in [1.165, 1.54) is 31.3 Å². The summed E-state index contributed by atoms with van der Waals surface area (Å²) in [5.41, 5.74) is -0.248. The van der Waals surface area contributed by atoms with Crippen molar-refractivity contribution in [1.82, 2.24) is 4.57 Å². The number of halogens is 1. The summed E-state index contributed by atoms with van der Waals surface area (Å²) >= 11 is 0. The van der Waals surface area contributed by atoms with E-state index in [2.05, 4.69) is 0 Å². The summed E-state index contributed by atoms with van der Waals surface area (Å²) in [5, 5.41) is 8.94. The predicted octanol–water partition coefficient (Wildman–Crippen LogP) is 2.21. The Morgan fingerprint density at radius 3 is 2.71 bits per heavy atom. The third-order valence-electron chi connectivity index (χ3n) is 3.06. The lowest BCUT2D eigenvalue weighted by Crippen LogP contribution is -2.28. The maximum atomic E-state index is 13.5. The molecule has 0 aliphatic rings. The maximum Gasteiger partial charge on any atom is 0.326 e. The molecular weight excluding hydrogens is 277 g/mol. The van der Waals surface area contributed by atoms with Gasteiger partial charge in [0.05, 0.1) is 0 Å². The fourth-order valence-electron chi connectivity index (χ4n) is 1.79. The minimum absolute atomic E-state index is 0.0196. The molecule has 1 aromatic heterocycles. The van der Waals surface area contributed by atoms with E-state index in [9.17, 15) is 14.0 Å². The lowest BCUT2D eigenvalue weighted by atomic mass is 10.2. The highest BCUT2D eigenvalue weighted by atomic mass is 19.1. The van der Waals surface area contributed by atoms with Crippen LogP contribution in [-0.2, 0) is 11.4 Å². The van der Waals surface area contributed by atoms with Crippen molar-refractivity contribution in [2.24, 2.45) is 0 Å². The molecule has 1 unspecified atom stereocenters. The first kappa shape index (κ1) is 14.8. The van der Waals surface area contributed by atoms with Crippen LogP contribution in [0.25, 0.3) is 0 Å². The van der Waals surface area contributed by atoms with Gasteiger partial charge in [-0.25, -0.2) is 9.18 Å². The first-order chi connectivity index (χ1) is 10.0. The predicted molar refractivity (Wildman–Crippen MR) is 73.8 cm³/mol. The van der Waals surface area contributed by atoms with E-state index in [4.69, 9.17) is 9.84 Å². The SMILES string of the molecule is CC(C(=O)O)n1cccc(OCc2ccccc2F)c1=O. The average Bonchev–Trinajstić information content (AvgIpc) is 2.47. The number of hydrogen-bond acceptors (Lipinski definition) is 3. The van der Waals surface area contributed by atoms with Gasteiger partial charge < -0.3 is 9.84 Å². The second-order valence-electron chi connectivity index (χ2n) is 4.48. The Morgan fingerprint density at radius 1 is 1.33 bits per heavy atom. The van der Waals surface area contributed by atoms with E-state index in [0.29, 0.717) is 5.56 Å². The van der Waals surface area contributed by atoms with E-state index in [1.807, 2.05) is 0 Å². The van der Waals surface area contributed by atoms with Crippen molar-refractivity contribution in [3.8, 4) is 5.75 Å². The molecule has 0 amide bonds. The zero-order valence-electron chi connectivity index (χ0n) is 11.3. The van der Waals surface area contributed by atoms with E-state index < -0.39 is 23.4 Å². The number of ether oxygens (including phenoxy) is 1. The van der Waals surface area contributed by atoms with Crippen LogP contribution in [0.4, 0.5) is 4.39 Å². The molecule has 1 aromatic carbocycles. The van der Waals surface area contributed by atoms with Gasteiger partial charge in [0, 0.05) is 11.8 Å². The third-order valence-corrected chi connectivity index (χ3v) is 3.06. The molecule has 0 bridgehead atoms. The number of hydrogen-bond donors (Lipinski definition) is 1. The van der Waals surface area contributed by atoms with Crippen LogP contribution in [0.1, 0.15) is 18.5 Å². The number of aliphatic carboxylic acids is 1. The van der Waals surface area contributed by atoms with Gasteiger partial charge in [-0.05, 0) is 25.1 Å². The van der Waals surface area contributed by atoms with E-state index in [1.54, 1.807) is 18.2 Å². The molecule has 0 saturated carbocycles. The largest absolute Gasteiger partial charge is 0.483 e. The fourth-order valence-corrected chi connectivity index (χ4v) is 1.79. The van der Waals surface area contributed by atoms with Gasteiger partial charge in [0.1, 0.15) is 18.5 Å². The Balaban J connectivity index is 2.22. The summed E-state index contributed by atoms with van der Waals surface area (Å²) in [5.74, 6) is -1.56. The molecule has 0 aliphatic heterocycles. The molecule has 2 aromatic rings. The number of carbonyl (C=O) groups is 1. The van der Waals surface area contributed by atoms with Crippen LogP contribution in [0.3, 0.4) is 0 Å². The minimum atomic E-state index is -1.12. The Hall–Kier alpha value is -2.63. The van der Waals surface area contributed by atoms with Gasteiger partial charge in [-0.2, -0.15) is 0 Å². The molecule has 1 heterocycles. The molecule has 0 aliphatic carbocycles. The number of carboxylic acid groups (broad SMARTS) is 1. The van der Waals surface area contributed by atoms with Crippen molar-refractivity contribution in [3.05, 3.63) is 64.3 Å². The molecule has 110 valence electrons. The molecule has 5 nitrogen and oxygen atoms in total. The van der Waals surface area contributed by atoms with E-state index in [-0.39, 0.29) is 12.4 Å². The molecule has 1 atom stereocenters. The highest BCUT2D eigenvalue weighted by Crippen LogP contribution is 2.12. The van der Waals surface area contributed by atoms with Crippen LogP contribution in [0.5, 0.6) is 5.75 Å². The molecule has 1 N–H and O–H groups in total. The normalized spacial score (nSPS) is 11.9. The molecule has 0 fully saturated rings. The second-order valence-corrected chi connectivity index (χ2v) is 4.48. The summed E-state index contributed by atoms with van der Waals surface area (Å²) < 4.78 is 19.8. The zero-order chi connectivity index (χ0) is 15.4. The molecule has 0 spiro atoms.